The van der Waals surface area contributed by atoms with E-state index in [9.17, 15) is 19.8 Å². The van der Waals surface area contributed by atoms with E-state index in [1.54, 1.807) is 37.3 Å². The van der Waals surface area contributed by atoms with Gasteiger partial charge in [-0.1, -0.05) is 62.9 Å². The van der Waals surface area contributed by atoms with Gasteiger partial charge in [0, 0.05) is 5.56 Å². The predicted molar refractivity (Wildman–Crippen MR) is 167 cm³/mol. The molecular weight excluding hydrogens is 528 g/mol. The standard InChI is InChI=1S/C18H18O2.C16H14O4.2CH4/c1-11-4-7-14(8-5-11)16-10-20-18-13(3)12(2)6-9-15(18)17(16)19;1-9-14(18)7-6-12-15(19)13(8-20-16(9)12)10-2-4-11(17)5-3-10;;/h4-9,16H,10H2,1-3H3;2-7,13,17-18H,8H2,1H3;2*1H4. The van der Waals surface area contributed by atoms with E-state index in [0.29, 0.717) is 29.0 Å². The number of ether oxygens (including phenoxy) is 2. The Balaban J connectivity index is 0.000000220. The molecule has 220 valence electrons. The minimum Gasteiger partial charge on any atom is -0.508 e. The topological polar surface area (TPSA) is 93.1 Å². The molecule has 6 heteroatoms. The summed E-state index contributed by atoms with van der Waals surface area (Å²) >= 11 is 0. The van der Waals surface area contributed by atoms with Crippen LogP contribution < -0.4 is 9.47 Å². The van der Waals surface area contributed by atoms with E-state index in [0.717, 1.165) is 28.0 Å². The van der Waals surface area contributed by atoms with Crippen molar-refractivity contribution < 1.29 is 29.3 Å². The Hall–Kier alpha value is -4.58. The predicted octanol–water partition coefficient (Wildman–Crippen LogP) is 8.01. The first kappa shape index (κ1) is 31.9. The highest BCUT2D eigenvalue weighted by Gasteiger charge is 2.32. The third-order valence-corrected chi connectivity index (χ3v) is 7.78. The Kier molecular flexibility index (Phi) is 9.84. The van der Waals surface area contributed by atoms with Crippen molar-refractivity contribution in [2.45, 2.75) is 54.4 Å². The molecule has 4 aromatic carbocycles. The Morgan fingerprint density at radius 2 is 1.05 bits per heavy atom. The molecule has 0 fully saturated rings. The second-order valence-electron chi connectivity index (χ2n) is 10.4. The first-order chi connectivity index (χ1) is 19.2. The van der Waals surface area contributed by atoms with Crippen LogP contribution in [0.5, 0.6) is 23.0 Å². The van der Waals surface area contributed by atoms with Gasteiger partial charge in [0.1, 0.15) is 36.2 Å². The fourth-order valence-corrected chi connectivity index (χ4v) is 5.09. The number of phenols is 2. The van der Waals surface area contributed by atoms with Gasteiger partial charge >= 0.3 is 0 Å². The minimum absolute atomic E-state index is 0. The Labute approximate surface area is 248 Å². The second-order valence-corrected chi connectivity index (χ2v) is 10.4. The first-order valence-corrected chi connectivity index (χ1v) is 13.3. The zero-order chi connectivity index (χ0) is 28.6. The normalized spacial score (nSPS) is 16.7. The van der Waals surface area contributed by atoms with Crippen molar-refractivity contribution >= 4 is 11.6 Å². The summed E-state index contributed by atoms with van der Waals surface area (Å²) in [5, 5.41) is 19.0. The zero-order valence-corrected chi connectivity index (χ0v) is 23.0. The van der Waals surface area contributed by atoms with Crippen molar-refractivity contribution in [3.8, 4) is 23.0 Å². The molecular formula is C36H40O6. The molecule has 2 aliphatic heterocycles. The van der Waals surface area contributed by atoms with Crippen LogP contribution in [0.2, 0.25) is 0 Å². The molecule has 0 aromatic heterocycles. The molecule has 6 rings (SSSR count). The summed E-state index contributed by atoms with van der Waals surface area (Å²) in [6.45, 7) is 8.48. The second kappa shape index (κ2) is 12.9. The molecule has 0 amide bonds. The van der Waals surface area contributed by atoms with Gasteiger partial charge in [0.05, 0.1) is 23.0 Å². The highest BCUT2D eigenvalue weighted by atomic mass is 16.5. The number of aromatic hydroxyl groups is 2. The van der Waals surface area contributed by atoms with Crippen LogP contribution in [-0.2, 0) is 0 Å². The molecule has 42 heavy (non-hydrogen) atoms. The van der Waals surface area contributed by atoms with Gasteiger partial charge in [-0.2, -0.15) is 0 Å². The smallest absolute Gasteiger partial charge is 0.177 e. The molecule has 2 heterocycles. The summed E-state index contributed by atoms with van der Waals surface area (Å²) in [6, 6.07) is 21.7. The molecule has 2 atom stereocenters. The lowest BCUT2D eigenvalue weighted by Gasteiger charge is -2.26. The monoisotopic (exact) mass is 568 g/mol. The van der Waals surface area contributed by atoms with E-state index < -0.39 is 0 Å². The quantitative estimate of drug-likeness (QED) is 0.254. The van der Waals surface area contributed by atoms with Crippen molar-refractivity contribution in [3.63, 3.8) is 0 Å². The van der Waals surface area contributed by atoms with Crippen LogP contribution in [0.3, 0.4) is 0 Å². The van der Waals surface area contributed by atoms with Gasteiger partial charge in [-0.25, -0.2) is 0 Å². The maximum Gasteiger partial charge on any atom is 0.177 e. The average molecular weight is 569 g/mol. The van der Waals surface area contributed by atoms with Gasteiger partial charge in [-0.05, 0) is 80.3 Å². The molecule has 2 unspecified atom stereocenters. The fraction of sp³-hybridized carbons (Fsp3) is 0.278. The summed E-state index contributed by atoms with van der Waals surface area (Å²) in [5.41, 5.74) is 7.05. The molecule has 0 bridgehead atoms. The van der Waals surface area contributed by atoms with Gasteiger partial charge in [0.25, 0.3) is 0 Å². The van der Waals surface area contributed by atoms with Crippen LogP contribution in [-0.4, -0.2) is 35.0 Å². The van der Waals surface area contributed by atoms with E-state index in [1.807, 2.05) is 57.2 Å². The van der Waals surface area contributed by atoms with E-state index in [1.165, 1.54) is 11.6 Å². The van der Waals surface area contributed by atoms with Crippen molar-refractivity contribution in [1.29, 1.82) is 0 Å². The van der Waals surface area contributed by atoms with Gasteiger partial charge in [-0.15, -0.1) is 0 Å². The van der Waals surface area contributed by atoms with E-state index in [-0.39, 0.29) is 56.4 Å². The fourth-order valence-electron chi connectivity index (χ4n) is 5.09. The molecule has 2 aliphatic rings. The number of ketones is 2. The molecule has 2 N–H and O–H groups in total. The van der Waals surface area contributed by atoms with Crippen molar-refractivity contribution in [2.75, 3.05) is 13.2 Å². The summed E-state index contributed by atoms with van der Waals surface area (Å²) in [4.78, 5) is 25.2. The number of rotatable bonds is 2. The third-order valence-electron chi connectivity index (χ3n) is 7.78. The highest BCUT2D eigenvalue weighted by Crippen LogP contribution is 2.39. The number of phenolic OH excluding ortho intramolecular Hbond substituents is 2. The maximum atomic E-state index is 12.7. The summed E-state index contributed by atoms with van der Waals surface area (Å²) in [6.07, 6.45) is 0. The number of carbonyl (C=O) groups is 2. The number of benzene rings is 4. The average Bonchev–Trinajstić information content (AvgIpc) is 2.95. The van der Waals surface area contributed by atoms with Crippen molar-refractivity contribution in [1.82, 2.24) is 0 Å². The number of hydrogen-bond acceptors (Lipinski definition) is 6. The SMILES string of the molecule is C.C.Cc1c(O)ccc2c1OCC(c1ccc(O)cc1)C2=O.Cc1ccc(C2COc3c(ccc(C)c3C)C2=O)cc1. The molecule has 0 aliphatic carbocycles. The van der Waals surface area contributed by atoms with Crippen molar-refractivity contribution in [2.24, 2.45) is 0 Å². The minimum atomic E-state index is -0.382. The summed E-state index contributed by atoms with van der Waals surface area (Å²) in [5.74, 6) is 1.08. The van der Waals surface area contributed by atoms with Gasteiger partial charge in [-0.3, -0.25) is 9.59 Å². The van der Waals surface area contributed by atoms with Crippen LogP contribution >= 0.6 is 0 Å². The van der Waals surface area contributed by atoms with E-state index >= 15 is 0 Å². The molecule has 0 spiro atoms. The molecule has 0 saturated carbocycles. The van der Waals surface area contributed by atoms with Gasteiger partial charge < -0.3 is 19.7 Å². The first-order valence-electron chi connectivity index (χ1n) is 13.3. The number of Topliss-reactive ketones (excluding diaryl/α,β-unsaturated/α-hetero) is 2. The number of hydrogen-bond donors (Lipinski definition) is 2. The largest absolute Gasteiger partial charge is 0.508 e. The zero-order valence-electron chi connectivity index (χ0n) is 23.0. The Morgan fingerprint density at radius 3 is 1.57 bits per heavy atom. The van der Waals surface area contributed by atoms with E-state index in [4.69, 9.17) is 9.47 Å². The third kappa shape index (κ3) is 6.03. The Morgan fingerprint density at radius 1 is 0.595 bits per heavy atom. The molecule has 0 saturated heterocycles. The lowest BCUT2D eigenvalue weighted by Crippen LogP contribution is -2.26. The van der Waals surface area contributed by atoms with E-state index in [2.05, 4.69) is 0 Å². The summed E-state index contributed by atoms with van der Waals surface area (Å²) in [7, 11) is 0. The number of fused-ring (bicyclic) bond motifs is 2. The number of aryl methyl sites for hydroxylation is 2. The highest BCUT2D eigenvalue weighted by molar-refractivity contribution is 6.05. The van der Waals surface area contributed by atoms with Gasteiger partial charge in [0.15, 0.2) is 11.6 Å². The Bertz CT molecular complexity index is 1460. The lowest BCUT2D eigenvalue weighted by atomic mass is 9.87. The lowest BCUT2D eigenvalue weighted by molar-refractivity contribution is 0.0886. The maximum absolute atomic E-state index is 12.7. The van der Waals surface area contributed by atoms with Crippen LogP contribution in [0.1, 0.15) is 80.8 Å². The molecule has 0 radical (unpaired) electrons. The number of carbonyl (C=O) groups excluding carboxylic acids is 2. The van der Waals surface area contributed by atoms with Gasteiger partial charge in [0.2, 0.25) is 0 Å². The molecule has 6 nitrogen and oxygen atoms in total. The van der Waals surface area contributed by atoms with Crippen LogP contribution in [0.25, 0.3) is 0 Å². The van der Waals surface area contributed by atoms with Crippen LogP contribution in [0.15, 0.2) is 72.8 Å². The van der Waals surface area contributed by atoms with Crippen LogP contribution in [0, 0.1) is 27.7 Å². The van der Waals surface area contributed by atoms with Crippen molar-refractivity contribution in [3.05, 3.63) is 117 Å². The molecule has 4 aromatic rings. The van der Waals surface area contributed by atoms with Crippen LogP contribution in [0.4, 0.5) is 0 Å². The summed E-state index contributed by atoms with van der Waals surface area (Å²) < 4.78 is 11.5.